The molecule has 4 nitrogen and oxygen atoms in total. The second-order valence-electron chi connectivity index (χ2n) is 4.62. The number of H-pyrrole nitrogens is 1. The maximum absolute atomic E-state index is 5.81. The first kappa shape index (κ1) is 11.6. The Hall–Kier alpha value is -2.49. The highest BCUT2D eigenvalue weighted by Crippen LogP contribution is 2.30. The maximum Gasteiger partial charge on any atom is 0.133 e. The number of nitrogens with zero attached hydrogens (tertiary/aromatic N) is 2. The van der Waals surface area contributed by atoms with Crippen molar-refractivity contribution in [2.24, 2.45) is 0 Å². The van der Waals surface area contributed by atoms with Crippen LogP contribution in [0.1, 0.15) is 5.69 Å². The lowest BCUT2D eigenvalue weighted by Crippen LogP contribution is -2.11. The van der Waals surface area contributed by atoms with Crippen LogP contribution in [0.5, 0.6) is 0 Å². The molecule has 0 bridgehead atoms. The number of nitrogens with two attached hydrogens (primary N) is 1. The summed E-state index contributed by atoms with van der Waals surface area (Å²) >= 11 is 0. The van der Waals surface area contributed by atoms with Gasteiger partial charge in [-0.1, -0.05) is 18.2 Å². The van der Waals surface area contributed by atoms with E-state index < -0.39 is 0 Å². The predicted molar refractivity (Wildman–Crippen MR) is 79.7 cm³/mol. The molecule has 0 saturated heterocycles. The molecule has 2 aromatic heterocycles. The van der Waals surface area contributed by atoms with Crippen molar-refractivity contribution < 1.29 is 0 Å². The van der Waals surface area contributed by atoms with E-state index in [0.717, 1.165) is 28.4 Å². The third-order valence-corrected chi connectivity index (χ3v) is 3.38. The molecule has 2 heterocycles. The van der Waals surface area contributed by atoms with Gasteiger partial charge in [-0.3, -0.25) is 0 Å². The molecule has 0 spiro atoms. The standard InChI is InChI=1S/C15H16N4/c1-10-12(16)7-8-15(18-10)19(2)14-9-17-13-6-4-3-5-11(13)14/h3-9,17H,16H2,1-2H3. The normalized spacial score (nSPS) is 10.8. The van der Waals surface area contributed by atoms with Crippen LogP contribution in [-0.2, 0) is 0 Å². The van der Waals surface area contributed by atoms with E-state index >= 15 is 0 Å². The van der Waals surface area contributed by atoms with Crippen molar-refractivity contribution in [1.29, 1.82) is 0 Å². The van der Waals surface area contributed by atoms with Crippen molar-refractivity contribution in [3.05, 3.63) is 48.3 Å². The van der Waals surface area contributed by atoms with Gasteiger partial charge in [0.1, 0.15) is 5.82 Å². The van der Waals surface area contributed by atoms with Crippen LogP contribution in [0.15, 0.2) is 42.6 Å². The van der Waals surface area contributed by atoms with Crippen LogP contribution in [0.4, 0.5) is 17.2 Å². The summed E-state index contributed by atoms with van der Waals surface area (Å²) in [6.45, 7) is 1.92. The minimum absolute atomic E-state index is 0.719. The van der Waals surface area contributed by atoms with Crippen molar-refractivity contribution in [2.75, 3.05) is 17.7 Å². The largest absolute Gasteiger partial charge is 0.397 e. The van der Waals surface area contributed by atoms with Gasteiger partial charge in [0.25, 0.3) is 0 Å². The number of nitrogen functional groups attached to an aromatic ring is 1. The Balaban J connectivity index is 2.08. The van der Waals surface area contributed by atoms with Gasteiger partial charge in [-0.15, -0.1) is 0 Å². The Kier molecular flexibility index (Phi) is 2.63. The summed E-state index contributed by atoms with van der Waals surface area (Å²) in [7, 11) is 2.01. The Bertz CT molecular complexity index is 730. The molecule has 3 N–H and O–H groups in total. The lowest BCUT2D eigenvalue weighted by Gasteiger charge is -2.18. The summed E-state index contributed by atoms with van der Waals surface area (Å²) in [4.78, 5) is 9.85. The van der Waals surface area contributed by atoms with Gasteiger partial charge in [0.2, 0.25) is 0 Å². The number of fused-ring (bicyclic) bond motifs is 1. The van der Waals surface area contributed by atoms with Gasteiger partial charge < -0.3 is 15.6 Å². The molecule has 3 rings (SSSR count). The van der Waals surface area contributed by atoms with Crippen LogP contribution in [0.2, 0.25) is 0 Å². The first-order chi connectivity index (χ1) is 9.16. The minimum Gasteiger partial charge on any atom is -0.397 e. The lowest BCUT2D eigenvalue weighted by atomic mass is 10.2. The van der Waals surface area contributed by atoms with E-state index in [4.69, 9.17) is 5.73 Å². The molecule has 0 aliphatic rings. The van der Waals surface area contributed by atoms with Gasteiger partial charge in [-0.2, -0.15) is 0 Å². The van der Waals surface area contributed by atoms with E-state index in [0.29, 0.717) is 0 Å². The van der Waals surface area contributed by atoms with Gasteiger partial charge >= 0.3 is 0 Å². The van der Waals surface area contributed by atoms with Gasteiger partial charge in [0, 0.05) is 24.1 Å². The molecule has 4 heteroatoms. The minimum atomic E-state index is 0.719. The summed E-state index contributed by atoms with van der Waals surface area (Å²) < 4.78 is 0. The number of hydrogen-bond acceptors (Lipinski definition) is 3. The summed E-state index contributed by atoms with van der Waals surface area (Å²) in [5.74, 6) is 0.886. The van der Waals surface area contributed by atoms with Crippen LogP contribution < -0.4 is 10.6 Å². The molecule has 0 fully saturated rings. The number of rotatable bonds is 2. The molecule has 0 aliphatic carbocycles. The highest BCUT2D eigenvalue weighted by Gasteiger charge is 2.11. The molecule has 0 amide bonds. The number of benzene rings is 1. The second-order valence-corrected chi connectivity index (χ2v) is 4.62. The summed E-state index contributed by atoms with van der Waals surface area (Å²) in [5.41, 5.74) is 9.61. The molecule has 19 heavy (non-hydrogen) atoms. The van der Waals surface area contributed by atoms with Crippen LogP contribution in [0, 0.1) is 6.92 Å². The zero-order valence-corrected chi connectivity index (χ0v) is 11.0. The molecule has 0 unspecified atom stereocenters. The van der Waals surface area contributed by atoms with Gasteiger partial charge in [0.05, 0.1) is 17.1 Å². The Morgan fingerprint density at radius 1 is 1.16 bits per heavy atom. The third-order valence-electron chi connectivity index (χ3n) is 3.38. The molecule has 96 valence electrons. The van der Waals surface area contributed by atoms with E-state index in [-0.39, 0.29) is 0 Å². The number of anilines is 3. The number of pyridine rings is 1. The average molecular weight is 252 g/mol. The molecule has 1 aromatic carbocycles. The van der Waals surface area contributed by atoms with Crippen LogP contribution in [0.25, 0.3) is 10.9 Å². The van der Waals surface area contributed by atoms with Crippen molar-refractivity contribution in [3.63, 3.8) is 0 Å². The zero-order valence-electron chi connectivity index (χ0n) is 11.0. The molecule has 0 saturated carbocycles. The maximum atomic E-state index is 5.81. The van der Waals surface area contributed by atoms with Gasteiger partial charge in [-0.25, -0.2) is 4.98 Å². The predicted octanol–water partition coefficient (Wildman–Crippen LogP) is 3.22. The molecular formula is C15H16N4. The number of hydrogen-bond donors (Lipinski definition) is 2. The third kappa shape index (κ3) is 1.91. The van der Waals surface area contributed by atoms with E-state index in [1.165, 1.54) is 5.39 Å². The number of aryl methyl sites for hydroxylation is 1. The smallest absolute Gasteiger partial charge is 0.133 e. The fourth-order valence-electron chi connectivity index (χ4n) is 2.20. The van der Waals surface area contributed by atoms with Gasteiger partial charge in [-0.05, 0) is 25.1 Å². The van der Waals surface area contributed by atoms with Crippen molar-refractivity contribution in [1.82, 2.24) is 9.97 Å². The molecule has 0 aliphatic heterocycles. The summed E-state index contributed by atoms with van der Waals surface area (Å²) in [5, 5.41) is 1.18. The number of aromatic nitrogens is 2. The second kappa shape index (κ2) is 4.31. The van der Waals surface area contributed by atoms with Crippen molar-refractivity contribution in [3.8, 4) is 0 Å². The van der Waals surface area contributed by atoms with Crippen molar-refractivity contribution in [2.45, 2.75) is 6.92 Å². The SMILES string of the molecule is Cc1nc(N(C)c2c[nH]c3ccccc23)ccc1N. The number of nitrogens with one attached hydrogen (secondary N) is 1. The summed E-state index contributed by atoms with van der Waals surface area (Å²) in [6.07, 6.45) is 2.00. The van der Waals surface area contributed by atoms with E-state index in [1.807, 2.05) is 44.4 Å². The first-order valence-electron chi connectivity index (χ1n) is 6.20. The fraction of sp³-hybridized carbons (Fsp3) is 0.133. The quantitative estimate of drug-likeness (QED) is 0.736. The first-order valence-corrected chi connectivity index (χ1v) is 6.20. The van der Waals surface area contributed by atoms with Crippen LogP contribution >= 0.6 is 0 Å². The van der Waals surface area contributed by atoms with Crippen LogP contribution in [0.3, 0.4) is 0 Å². The monoisotopic (exact) mass is 252 g/mol. The van der Waals surface area contributed by atoms with E-state index in [2.05, 4.69) is 27.0 Å². The lowest BCUT2D eigenvalue weighted by molar-refractivity contribution is 1.10. The zero-order chi connectivity index (χ0) is 13.4. The fourth-order valence-corrected chi connectivity index (χ4v) is 2.20. The van der Waals surface area contributed by atoms with Crippen molar-refractivity contribution >= 4 is 28.1 Å². The molecule has 3 aromatic rings. The number of aromatic amines is 1. The highest BCUT2D eigenvalue weighted by molar-refractivity contribution is 5.94. The summed E-state index contributed by atoms with van der Waals surface area (Å²) in [6, 6.07) is 12.0. The average Bonchev–Trinajstić information content (AvgIpc) is 2.85. The van der Waals surface area contributed by atoms with E-state index in [9.17, 15) is 0 Å². The molecule has 0 atom stereocenters. The Morgan fingerprint density at radius 2 is 1.95 bits per heavy atom. The molecule has 0 radical (unpaired) electrons. The van der Waals surface area contributed by atoms with Crippen LogP contribution in [-0.4, -0.2) is 17.0 Å². The molecular weight excluding hydrogens is 236 g/mol. The number of para-hydroxylation sites is 1. The highest BCUT2D eigenvalue weighted by atomic mass is 15.2. The van der Waals surface area contributed by atoms with E-state index in [1.54, 1.807) is 0 Å². The topological polar surface area (TPSA) is 57.9 Å². The Labute approximate surface area is 111 Å². The Morgan fingerprint density at radius 3 is 2.74 bits per heavy atom. The van der Waals surface area contributed by atoms with Gasteiger partial charge in [0.15, 0.2) is 0 Å².